The van der Waals surface area contributed by atoms with Crippen LogP contribution in [0.3, 0.4) is 0 Å². The van der Waals surface area contributed by atoms with Gasteiger partial charge in [0, 0.05) is 30.4 Å². The lowest BCUT2D eigenvalue weighted by atomic mass is 10.1. The van der Waals surface area contributed by atoms with Crippen LogP contribution in [0, 0.1) is 5.82 Å². The molecule has 6 nitrogen and oxygen atoms in total. The second-order valence-corrected chi connectivity index (χ2v) is 4.30. The highest BCUT2D eigenvalue weighted by atomic mass is 19.1. The molecule has 0 saturated carbocycles. The molecule has 104 valence electrons. The van der Waals surface area contributed by atoms with Crippen LogP contribution in [0.2, 0.25) is 0 Å². The fourth-order valence-electron chi connectivity index (χ4n) is 1.76. The van der Waals surface area contributed by atoms with Crippen molar-refractivity contribution in [2.45, 2.75) is 6.54 Å². The number of carbonyl (C=O) groups is 1. The van der Waals surface area contributed by atoms with E-state index in [1.807, 2.05) is 0 Å². The van der Waals surface area contributed by atoms with E-state index in [0.29, 0.717) is 0 Å². The van der Waals surface area contributed by atoms with Gasteiger partial charge in [-0.3, -0.25) is 14.2 Å². The van der Waals surface area contributed by atoms with E-state index in [1.54, 1.807) is 0 Å². The molecule has 2 rings (SSSR count). The molecular formula is C13H12FN3O3. The summed E-state index contributed by atoms with van der Waals surface area (Å²) in [4.78, 5) is 34.4. The Hall–Kier alpha value is -2.70. The summed E-state index contributed by atoms with van der Waals surface area (Å²) in [6.45, 7) is -0.211. The zero-order chi connectivity index (χ0) is 14.9. The molecule has 7 heteroatoms. The Balaban J connectivity index is 2.46. The fraction of sp³-hybridized carbons (Fsp3) is 0.154. The molecule has 0 saturated heterocycles. The molecule has 0 bridgehead atoms. The Labute approximate surface area is 112 Å². The first kappa shape index (κ1) is 13.7. The second kappa shape index (κ2) is 5.12. The molecule has 2 aromatic rings. The van der Waals surface area contributed by atoms with Crippen LogP contribution in [0.1, 0.15) is 15.9 Å². The van der Waals surface area contributed by atoms with Gasteiger partial charge in [-0.25, -0.2) is 9.18 Å². The van der Waals surface area contributed by atoms with Crippen molar-refractivity contribution in [1.82, 2.24) is 9.13 Å². The van der Waals surface area contributed by atoms with Gasteiger partial charge >= 0.3 is 5.69 Å². The highest BCUT2D eigenvalue weighted by Gasteiger charge is 2.10. The summed E-state index contributed by atoms with van der Waals surface area (Å²) < 4.78 is 16.0. The van der Waals surface area contributed by atoms with Crippen molar-refractivity contribution >= 4 is 5.91 Å². The number of nitrogens with zero attached hydrogens (tertiary/aromatic N) is 2. The van der Waals surface area contributed by atoms with Crippen molar-refractivity contribution in [3.63, 3.8) is 0 Å². The van der Waals surface area contributed by atoms with Gasteiger partial charge < -0.3 is 10.3 Å². The third-order valence-electron chi connectivity index (χ3n) is 2.91. The standard InChI is InChI=1S/C13H12FN3O3/c1-16-5-4-11(18)17(13(16)20)7-9-3-2-8(12(15)19)6-10(9)14/h2-6H,7H2,1H3,(H2,15,19). The lowest BCUT2D eigenvalue weighted by molar-refractivity contribution is 0.1000. The number of benzene rings is 1. The molecule has 1 amide bonds. The van der Waals surface area contributed by atoms with Crippen molar-refractivity contribution < 1.29 is 9.18 Å². The molecular weight excluding hydrogens is 265 g/mol. The molecule has 2 N–H and O–H groups in total. The van der Waals surface area contributed by atoms with Gasteiger partial charge in [0.05, 0.1) is 6.54 Å². The van der Waals surface area contributed by atoms with Crippen LogP contribution in [0.4, 0.5) is 4.39 Å². The zero-order valence-electron chi connectivity index (χ0n) is 10.7. The van der Waals surface area contributed by atoms with Gasteiger partial charge in [0.15, 0.2) is 0 Å². The third kappa shape index (κ3) is 2.51. The number of carbonyl (C=O) groups excluding carboxylic acids is 1. The summed E-state index contributed by atoms with van der Waals surface area (Å²) in [5.41, 5.74) is 4.12. The molecule has 1 heterocycles. The quantitative estimate of drug-likeness (QED) is 0.845. The predicted octanol–water partition coefficient (Wildman–Crippen LogP) is -0.167. The lowest BCUT2D eigenvalue weighted by Crippen LogP contribution is -2.38. The Morgan fingerprint density at radius 2 is 2.00 bits per heavy atom. The van der Waals surface area contributed by atoms with Crippen LogP contribution in [-0.2, 0) is 13.6 Å². The largest absolute Gasteiger partial charge is 0.366 e. The summed E-state index contributed by atoms with van der Waals surface area (Å²) in [5.74, 6) is -1.44. The topological polar surface area (TPSA) is 87.1 Å². The van der Waals surface area contributed by atoms with Crippen LogP contribution in [0.25, 0.3) is 0 Å². The predicted molar refractivity (Wildman–Crippen MR) is 70.0 cm³/mol. The molecule has 0 fully saturated rings. The van der Waals surface area contributed by atoms with Gasteiger partial charge in [0.1, 0.15) is 5.82 Å². The first-order chi connectivity index (χ1) is 9.40. The third-order valence-corrected chi connectivity index (χ3v) is 2.91. The maximum Gasteiger partial charge on any atom is 0.331 e. The Morgan fingerprint density at radius 1 is 1.30 bits per heavy atom. The van der Waals surface area contributed by atoms with Crippen LogP contribution >= 0.6 is 0 Å². The number of nitrogens with two attached hydrogens (primary N) is 1. The average Bonchev–Trinajstić information content (AvgIpc) is 2.40. The van der Waals surface area contributed by atoms with Gasteiger partial charge in [-0.1, -0.05) is 6.07 Å². The molecule has 0 aliphatic rings. The number of aromatic nitrogens is 2. The minimum Gasteiger partial charge on any atom is -0.366 e. The summed E-state index contributed by atoms with van der Waals surface area (Å²) in [5, 5.41) is 0. The normalized spacial score (nSPS) is 10.5. The number of hydrogen-bond donors (Lipinski definition) is 1. The van der Waals surface area contributed by atoms with E-state index in [9.17, 15) is 18.8 Å². The van der Waals surface area contributed by atoms with E-state index >= 15 is 0 Å². The van der Waals surface area contributed by atoms with Crippen LogP contribution < -0.4 is 17.0 Å². The number of hydrogen-bond acceptors (Lipinski definition) is 3. The summed E-state index contributed by atoms with van der Waals surface area (Å²) in [6.07, 6.45) is 1.34. The van der Waals surface area contributed by atoms with Crippen molar-refractivity contribution in [2.24, 2.45) is 12.8 Å². The van der Waals surface area contributed by atoms with Gasteiger partial charge in [-0.05, 0) is 12.1 Å². The smallest absolute Gasteiger partial charge is 0.331 e. The van der Waals surface area contributed by atoms with E-state index in [1.165, 1.54) is 36.0 Å². The minimum atomic E-state index is -0.747. The first-order valence-corrected chi connectivity index (χ1v) is 5.75. The molecule has 0 atom stereocenters. The molecule has 0 aliphatic carbocycles. The van der Waals surface area contributed by atoms with Gasteiger partial charge in [-0.2, -0.15) is 0 Å². The van der Waals surface area contributed by atoms with E-state index in [2.05, 4.69) is 0 Å². The number of halogens is 1. The summed E-state index contributed by atoms with van der Waals surface area (Å²) in [6, 6.07) is 4.88. The van der Waals surface area contributed by atoms with E-state index in [-0.39, 0.29) is 17.7 Å². The molecule has 1 aromatic heterocycles. The zero-order valence-corrected chi connectivity index (χ0v) is 10.7. The summed E-state index contributed by atoms with van der Waals surface area (Å²) >= 11 is 0. The minimum absolute atomic E-state index is 0.0274. The number of aryl methyl sites for hydroxylation is 1. The Kier molecular flexibility index (Phi) is 3.51. The second-order valence-electron chi connectivity index (χ2n) is 4.30. The first-order valence-electron chi connectivity index (χ1n) is 5.75. The monoisotopic (exact) mass is 277 g/mol. The van der Waals surface area contributed by atoms with Gasteiger partial charge in [0.2, 0.25) is 5.91 Å². The van der Waals surface area contributed by atoms with Crippen molar-refractivity contribution in [1.29, 1.82) is 0 Å². The number of primary amides is 1. The van der Waals surface area contributed by atoms with Crippen molar-refractivity contribution in [3.05, 3.63) is 68.2 Å². The fourth-order valence-corrected chi connectivity index (χ4v) is 1.76. The highest BCUT2D eigenvalue weighted by molar-refractivity contribution is 5.92. The maximum absolute atomic E-state index is 13.8. The Morgan fingerprint density at radius 3 is 2.60 bits per heavy atom. The lowest BCUT2D eigenvalue weighted by Gasteiger charge is -2.08. The summed E-state index contributed by atoms with van der Waals surface area (Å²) in [7, 11) is 1.49. The van der Waals surface area contributed by atoms with E-state index in [0.717, 1.165) is 10.6 Å². The van der Waals surface area contributed by atoms with Crippen molar-refractivity contribution in [3.8, 4) is 0 Å². The SMILES string of the molecule is Cn1ccc(=O)n(Cc2ccc(C(N)=O)cc2F)c1=O. The molecule has 0 spiro atoms. The number of amides is 1. The van der Waals surface area contributed by atoms with Crippen LogP contribution in [0.15, 0.2) is 40.1 Å². The van der Waals surface area contributed by atoms with Crippen LogP contribution in [0.5, 0.6) is 0 Å². The Bertz CT molecular complexity index is 792. The van der Waals surface area contributed by atoms with E-state index < -0.39 is 23.0 Å². The molecule has 0 unspecified atom stereocenters. The van der Waals surface area contributed by atoms with Gasteiger partial charge in [-0.15, -0.1) is 0 Å². The average molecular weight is 277 g/mol. The van der Waals surface area contributed by atoms with E-state index in [4.69, 9.17) is 5.73 Å². The van der Waals surface area contributed by atoms with Gasteiger partial charge in [0.25, 0.3) is 5.56 Å². The molecule has 0 aliphatic heterocycles. The van der Waals surface area contributed by atoms with Crippen LogP contribution in [-0.4, -0.2) is 15.0 Å². The molecule has 0 radical (unpaired) electrons. The highest BCUT2D eigenvalue weighted by Crippen LogP contribution is 2.10. The number of rotatable bonds is 3. The van der Waals surface area contributed by atoms with Crippen molar-refractivity contribution in [2.75, 3.05) is 0 Å². The molecule has 20 heavy (non-hydrogen) atoms. The maximum atomic E-state index is 13.8. The molecule has 1 aromatic carbocycles.